The Morgan fingerprint density at radius 3 is 2.50 bits per heavy atom. The molecule has 3 rings (SSSR count). The van der Waals surface area contributed by atoms with Crippen molar-refractivity contribution in [2.45, 2.75) is 0 Å². The monoisotopic (exact) mass is 364 g/mol. The number of hydrogen-bond acceptors (Lipinski definition) is 3. The van der Waals surface area contributed by atoms with Crippen LogP contribution in [0.2, 0.25) is 0 Å². The van der Waals surface area contributed by atoms with Gasteiger partial charge in [-0.15, -0.1) is 0 Å². The van der Waals surface area contributed by atoms with Crippen LogP contribution in [0, 0.1) is 23.4 Å². The predicted molar refractivity (Wildman–Crippen MR) is 87.0 cm³/mol. The van der Waals surface area contributed by atoms with Crippen LogP contribution in [0.4, 0.5) is 18.9 Å². The van der Waals surface area contributed by atoms with E-state index in [1.807, 2.05) is 0 Å². The van der Waals surface area contributed by atoms with Crippen molar-refractivity contribution in [2.75, 3.05) is 25.0 Å². The number of ether oxygens (including phenoxy) is 1. The van der Waals surface area contributed by atoms with Gasteiger partial charge in [-0.2, -0.15) is 0 Å². The van der Waals surface area contributed by atoms with Gasteiger partial charge in [0.15, 0.2) is 18.2 Å². The van der Waals surface area contributed by atoms with Gasteiger partial charge in [-0.3, -0.25) is 9.59 Å². The van der Waals surface area contributed by atoms with Gasteiger partial charge in [0.05, 0.1) is 11.6 Å². The van der Waals surface area contributed by atoms with Crippen molar-refractivity contribution in [3.63, 3.8) is 0 Å². The summed E-state index contributed by atoms with van der Waals surface area (Å²) < 4.78 is 44.9. The molecule has 0 unspecified atom stereocenters. The second-order valence-corrected chi connectivity index (χ2v) is 5.83. The number of carbonyl (C=O) groups is 2. The molecular weight excluding hydrogens is 349 g/mol. The van der Waals surface area contributed by atoms with Gasteiger partial charge in [-0.1, -0.05) is 12.1 Å². The number of nitrogens with zero attached hydrogens (tertiary/aromatic N) is 1. The minimum Gasteiger partial charge on any atom is -0.481 e. The highest BCUT2D eigenvalue weighted by molar-refractivity contribution is 5.94. The fourth-order valence-electron chi connectivity index (χ4n) is 2.47. The Balaban J connectivity index is 1.46. The third-order valence-corrected chi connectivity index (χ3v) is 3.98. The average Bonchev–Trinajstić information content (AvgIpc) is 2.55. The van der Waals surface area contributed by atoms with Crippen LogP contribution in [-0.2, 0) is 9.59 Å². The van der Waals surface area contributed by atoms with E-state index in [1.54, 1.807) is 6.07 Å². The molecule has 1 heterocycles. The molecule has 2 aromatic carbocycles. The topological polar surface area (TPSA) is 58.6 Å². The molecule has 0 atom stereocenters. The normalized spacial score (nSPS) is 13.9. The molecular formula is C18H15F3N2O3. The number of anilines is 1. The Labute approximate surface area is 147 Å². The van der Waals surface area contributed by atoms with Crippen LogP contribution in [0.5, 0.6) is 5.75 Å². The molecule has 0 spiro atoms. The maximum Gasteiger partial charge on any atom is 0.260 e. The second kappa shape index (κ2) is 7.47. The van der Waals surface area contributed by atoms with Crippen molar-refractivity contribution in [3.8, 4) is 5.75 Å². The van der Waals surface area contributed by atoms with Crippen molar-refractivity contribution in [1.29, 1.82) is 0 Å². The zero-order valence-corrected chi connectivity index (χ0v) is 13.5. The van der Waals surface area contributed by atoms with E-state index >= 15 is 0 Å². The number of likely N-dealkylation sites (tertiary alicyclic amines) is 1. The van der Waals surface area contributed by atoms with Gasteiger partial charge in [0.1, 0.15) is 11.6 Å². The summed E-state index contributed by atoms with van der Waals surface area (Å²) in [5.74, 6) is -3.55. The third kappa shape index (κ3) is 3.96. The van der Waals surface area contributed by atoms with E-state index in [0.29, 0.717) is 6.07 Å². The highest BCUT2D eigenvalue weighted by atomic mass is 19.1. The van der Waals surface area contributed by atoms with Gasteiger partial charge < -0.3 is 15.0 Å². The molecule has 5 nitrogen and oxygen atoms in total. The van der Waals surface area contributed by atoms with Crippen LogP contribution in [-0.4, -0.2) is 36.4 Å². The number of carbonyl (C=O) groups excluding carboxylic acids is 2. The quantitative estimate of drug-likeness (QED) is 0.887. The molecule has 1 aliphatic heterocycles. The first-order valence-electron chi connectivity index (χ1n) is 7.85. The molecule has 0 bridgehead atoms. The smallest absolute Gasteiger partial charge is 0.260 e. The van der Waals surface area contributed by atoms with Crippen molar-refractivity contribution >= 4 is 17.5 Å². The van der Waals surface area contributed by atoms with Crippen LogP contribution in [0.3, 0.4) is 0 Å². The van der Waals surface area contributed by atoms with Gasteiger partial charge in [-0.25, -0.2) is 13.2 Å². The number of nitrogens with one attached hydrogen (secondary N) is 1. The predicted octanol–water partition coefficient (Wildman–Crippen LogP) is 2.58. The molecule has 1 saturated heterocycles. The molecule has 0 saturated carbocycles. The Hall–Kier alpha value is -3.03. The molecule has 26 heavy (non-hydrogen) atoms. The molecule has 2 aromatic rings. The molecule has 0 aromatic heterocycles. The molecule has 2 amide bonds. The summed E-state index contributed by atoms with van der Waals surface area (Å²) in [5, 5.41) is 2.36. The summed E-state index contributed by atoms with van der Waals surface area (Å²) in [4.78, 5) is 25.4. The third-order valence-electron chi connectivity index (χ3n) is 3.98. The Morgan fingerprint density at radius 1 is 1.08 bits per heavy atom. The number of rotatable bonds is 5. The van der Waals surface area contributed by atoms with Gasteiger partial charge in [0, 0.05) is 19.2 Å². The number of para-hydroxylation sites is 1. The first-order valence-corrected chi connectivity index (χ1v) is 7.85. The summed E-state index contributed by atoms with van der Waals surface area (Å²) in [6, 6.07) is 8.56. The van der Waals surface area contributed by atoms with Crippen molar-refractivity contribution < 1.29 is 27.5 Å². The van der Waals surface area contributed by atoms with Crippen LogP contribution in [0.25, 0.3) is 0 Å². The number of amides is 2. The van der Waals surface area contributed by atoms with E-state index in [4.69, 9.17) is 4.74 Å². The molecule has 1 aliphatic rings. The lowest BCUT2D eigenvalue weighted by Gasteiger charge is -2.38. The van der Waals surface area contributed by atoms with Crippen molar-refractivity contribution in [3.05, 3.63) is 59.9 Å². The maximum atomic E-state index is 13.5. The summed E-state index contributed by atoms with van der Waals surface area (Å²) in [6.45, 7) is -0.0515. The standard InChI is InChI=1S/C18H15F3N2O3/c19-12-5-6-15(14(21)7-12)22-18(25)11-8-23(9-11)17(24)10-26-16-4-2-1-3-13(16)20/h1-7,11H,8-10H2,(H,22,25). The van der Waals surface area contributed by atoms with Gasteiger partial charge in [0.25, 0.3) is 5.91 Å². The second-order valence-electron chi connectivity index (χ2n) is 5.83. The van der Waals surface area contributed by atoms with E-state index in [9.17, 15) is 22.8 Å². The average molecular weight is 364 g/mol. The molecule has 1 N–H and O–H groups in total. The fraction of sp³-hybridized carbons (Fsp3) is 0.222. The summed E-state index contributed by atoms with van der Waals surface area (Å²) in [7, 11) is 0. The SMILES string of the molecule is O=C(Nc1ccc(F)cc1F)C1CN(C(=O)COc2ccccc2F)C1. The number of halogens is 3. The Bertz CT molecular complexity index is 838. The minimum absolute atomic E-state index is 0.0255. The highest BCUT2D eigenvalue weighted by Gasteiger charge is 2.36. The van der Waals surface area contributed by atoms with Crippen molar-refractivity contribution in [2.24, 2.45) is 5.92 Å². The first kappa shape index (κ1) is 17.8. The Kier molecular flexibility index (Phi) is 5.11. The zero-order chi connectivity index (χ0) is 18.7. The van der Waals surface area contributed by atoms with Crippen LogP contribution in [0.1, 0.15) is 0 Å². The zero-order valence-electron chi connectivity index (χ0n) is 13.5. The van der Waals surface area contributed by atoms with E-state index in [1.165, 1.54) is 23.1 Å². The molecule has 0 aliphatic carbocycles. The van der Waals surface area contributed by atoms with E-state index in [0.717, 1.165) is 12.1 Å². The summed E-state index contributed by atoms with van der Waals surface area (Å²) in [6.07, 6.45) is 0. The largest absolute Gasteiger partial charge is 0.481 e. The molecule has 0 radical (unpaired) electrons. The van der Waals surface area contributed by atoms with Gasteiger partial charge in [0.2, 0.25) is 5.91 Å². The molecule has 8 heteroatoms. The van der Waals surface area contributed by atoms with Crippen LogP contribution >= 0.6 is 0 Å². The lowest BCUT2D eigenvalue weighted by molar-refractivity contribution is -0.143. The van der Waals surface area contributed by atoms with Gasteiger partial charge >= 0.3 is 0 Å². The maximum absolute atomic E-state index is 13.5. The summed E-state index contributed by atoms with van der Waals surface area (Å²) in [5.41, 5.74) is -0.121. The fourth-order valence-corrected chi connectivity index (χ4v) is 2.47. The first-order chi connectivity index (χ1) is 12.4. The lowest BCUT2D eigenvalue weighted by atomic mass is 9.99. The van der Waals surface area contributed by atoms with E-state index in [-0.39, 0.29) is 37.0 Å². The van der Waals surface area contributed by atoms with E-state index < -0.39 is 29.3 Å². The van der Waals surface area contributed by atoms with Crippen LogP contribution < -0.4 is 10.1 Å². The van der Waals surface area contributed by atoms with Crippen LogP contribution in [0.15, 0.2) is 42.5 Å². The minimum atomic E-state index is -0.871. The Morgan fingerprint density at radius 2 is 1.81 bits per heavy atom. The van der Waals surface area contributed by atoms with Crippen molar-refractivity contribution in [1.82, 2.24) is 4.90 Å². The molecule has 1 fully saturated rings. The highest BCUT2D eigenvalue weighted by Crippen LogP contribution is 2.21. The van der Waals surface area contributed by atoms with Gasteiger partial charge in [-0.05, 0) is 24.3 Å². The molecule has 136 valence electrons. The lowest BCUT2D eigenvalue weighted by Crippen LogP contribution is -2.55. The van der Waals surface area contributed by atoms with E-state index in [2.05, 4.69) is 5.32 Å². The summed E-state index contributed by atoms with van der Waals surface area (Å²) >= 11 is 0. The number of benzene rings is 2. The number of hydrogen-bond donors (Lipinski definition) is 1.